The molecule has 1 fully saturated rings. The van der Waals surface area contributed by atoms with Crippen LogP contribution in [0, 0.1) is 10.1 Å². The molecule has 2 aromatic carbocycles. The zero-order valence-corrected chi connectivity index (χ0v) is 17.0. The van der Waals surface area contributed by atoms with Crippen LogP contribution in [-0.2, 0) is 9.53 Å². The van der Waals surface area contributed by atoms with Gasteiger partial charge in [0.05, 0.1) is 31.2 Å². The molecule has 2 aromatic rings. The van der Waals surface area contributed by atoms with E-state index < -0.39 is 23.4 Å². The third kappa shape index (κ3) is 5.50. The van der Waals surface area contributed by atoms with Crippen LogP contribution in [0.25, 0.3) is 0 Å². The van der Waals surface area contributed by atoms with Crippen molar-refractivity contribution in [2.24, 2.45) is 0 Å². The van der Waals surface area contributed by atoms with E-state index in [1.165, 1.54) is 24.3 Å². The summed E-state index contributed by atoms with van der Waals surface area (Å²) in [5, 5.41) is 17.3. The number of esters is 1. The number of ether oxygens (including phenoxy) is 1. The van der Waals surface area contributed by atoms with Crippen LogP contribution in [0.5, 0.6) is 0 Å². The van der Waals surface area contributed by atoms with Gasteiger partial charge in [-0.15, -0.1) is 0 Å². The first-order chi connectivity index (χ1) is 13.7. The van der Waals surface area contributed by atoms with E-state index in [4.69, 9.17) is 39.5 Å². The zero-order chi connectivity index (χ0) is 21.1. The molecule has 1 saturated carbocycles. The van der Waals surface area contributed by atoms with Gasteiger partial charge in [-0.3, -0.25) is 14.9 Å². The number of benzene rings is 2. The number of nitro benzene ring substituents is 1. The fourth-order valence-electron chi connectivity index (χ4n) is 2.40. The molecule has 0 atom stereocenters. The topological polar surface area (TPSA) is 111 Å². The van der Waals surface area contributed by atoms with E-state index in [-0.39, 0.29) is 38.0 Å². The Kier molecular flexibility index (Phi) is 6.46. The number of nitrogens with one attached hydrogen (secondary N) is 2. The summed E-state index contributed by atoms with van der Waals surface area (Å²) >= 11 is 17.7. The number of nitrogens with zero attached hydrogens (tertiary/aromatic N) is 1. The number of amides is 1. The van der Waals surface area contributed by atoms with Gasteiger partial charge in [0.15, 0.2) is 6.61 Å². The summed E-state index contributed by atoms with van der Waals surface area (Å²) in [6.45, 7) is -0.620. The van der Waals surface area contributed by atoms with E-state index in [1.807, 2.05) is 0 Å². The number of rotatable bonds is 7. The summed E-state index contributed by atoms with van der Waals surface area (Å²) in [5.74, 6) is -1.54. The highest BCUT2D eigenvalue weighted by Gasteiger charge is 2.26. The van der Waals surface area contributed by atoms with Gasteiger partial charge < -0.3 is 15.4 Å². The lowest BCUT2D eigenvalue weighted by Gasteiger charge is -2.10. The van der Waals surface area contributed by atoms with Crippen LogP contribution >= 0.6 is 34.8 Å². The summed E-state index contributed by atoms with van der Waals surface area (Å²) in [7, 11) is 0. The lowest BCUT2D eigenvalue weighted by molar-refractivity contribution is -0.384. The van der Waals surface area contributed by atoms with E-state index in [0.717, 1.165) is 18.9 Å². The number of hydrogen-bond acceptors (Lipinski definition) is 6. The van der Waals surface area contributed by atoms with Crippen molar-refractivity contribution < 1.29 is 19.2 Å². The number of carbonyl (C=O) groups is 2. The molecule has 0 aromatic heterocycles. The van der Waals surface area contributed by atoms with Gasteiger partial charge in [-0.25, -0.2) is 4.79 Å². The molecule has 8 nitrogen and oxygen atoms in total. The molecule has 152 valence electrons. The lowest BCUT2D eigenvalue weighted by atomic mass is 10.1. The Morgan fingerprint density at radius 2 is 1.76 bits per heavy atom. The SMILES string of the molecule is O=C(COC(=O)c1ccc(NC2CC2)c([N+](=O)[O-])c1)Nc1cc(Cl)c(Cl)cc1Cl. The molecule has 0 radical (unpaired) electrons. The van der Waals surface area contributed by atoms with E-state index in [0.29, 0.717) is 5.69 Å². The number of halogens is 3. The van der Waals surface area contributed by atoms with Gasteiger partial charge >= 0.3 is 5.97 Å². The highest BCUT2D eigenvalue weighted by molar-refractivity contribution is 6.44. The Bertz CT molecular complexity index is 995. The van der Waals surface area contributed by atoms with Crippen LogP contribution in [-0.4, -0.2) is 29.4 Å². The monoisotopic (exact) mass is 457 g/mol. The van der Waals surface area contributed by atoms with Crippen LogP contribution in [0.1, 0.15) is 23.2 Å². The summed E-state index contributed by atoms with van der Waals surface area (Å²) in [6.07, 6.45) is 1.89. The van der Waals surface area contributed by atoms with Crippen molar-refractivity contribution >= 4 is 63.7 Å². The summed E-state index contributed by atoms with van der Waals surface area (Å²) in [5.41, 5.74) is 0.256. The minimum Gasteiger partial charge on any atom is -0.452 e. The maximum atomic E-state index is 12.2. The molecule has 0 unspecified atom stereocenters. The average molecular weight is 459 g/mol. The molecule has 1 amide bonds. The summed E-state index contributed by atoms with van der Waals surface area (Å²) < 4.78 is 4.93. The Morgan fingerprint density at radius 3 is 2.41 bits per heavy atom. The van der Waals surface area contributed by atoms with Crippen molar-refractivity contribution in [2.45, 2.75) is 18.9 Å². The van der Waals surface area contributed by atoms with Crippen LogP contribution in [0.4, 0.5) is 17.1 Å². The second-order valence-electron chi connectivity index (χ2n) is 6.28. The normalized spacial score (nSPS) is 12.9. The number of anilines is 2. The highest BCUT2D eigenvalue weighted by Crippen LogP contribution is 2.33. The molecule has 0 bridgehead atoms. The molecule has 1 aliphatic rings. The molecule has 11 heteroatoms. The van der Waals surface area contributed by atoms with Crippen molar-refractivity contribution in [3.8, 4) is 0 Å². The zero-order valence-electron chi connectivity index (χ0n) is 14.7. The smallest absolute Gasteiger partial charge is 0.338 e. The van der Waals surface area contributed by atoms with Crippen LogP contribution in [0.3, 0.4) is 0 Å². The molecule has 0 spiro atoms. The molecule has 1 aliphatic carbocycles. The summed E-state index contributed by atoms with van der Waals surface area (Å²) in [4.78, 5) is 34.9. The van der Waals surface area contributed by atoms with Crippen molar-refractivity contribution in [1.29, 1.82) is 0 Å². The standard InChI is InChI=1S/C18H14Cl3N3O5/c19-11-6-13(21)15(7-12(11)20)23-17(25)8-29-18(26)9-1-4-14(22-10-2-3-10)16(5-9)24(27)28/h1,4-7,10,22H,2-3,8H2,(H,23,25). The fourth-order valence-corrected chi connectivity index (χ4v) is 2.99. The van der Waals surface area contributed by atoms with E-state index in [9.17, 15) is 19.7 Å². The largest absolute Gasteiger partial charge is 0.452 e. The lowest BCUT2D eigenvalue weighted by Crippen LogP contribution is -2.21. The van der Waals surface area contributed by atoms with Crippen molar-refractivity contribution in [3.63, 3.8) is 0 Å². The van der Waals surface area contributed by atoms with Gasteiger partial charge in [0, 0.05) is 12.1 Å². The number of carbonyl (C=O) groups excluding carboxylic acids is 2. The van der Waals surface area contributed by atoms with Crippen LogP contribution < -0.4 is 10.6 Å². The fraction of sp³-hybridized carbons (Fsp3) is 0.222. The molecule has 0 saturated heterocycles. The number of nitro groups is 1. The van der Waals surface area contributed by atoms with Gasteiger partial charge in [0.2, 0.25) is 0 Å². The highest BCUT2D eigenvalue weighted by atomic mass is 35.5. The van der Waals surface area contributed by atoms with E-state index in [1.54, 1.807) is 0 Å². The van der Waals surface area contributed by atoms with E-state index in [2.05, 4.69) is 10.6 Å². The second kappa shape index (κ2) is 8.86. The van der Waals surface area contributed by atoms with Crippen molar-refractivity contribution in [2.75, 3.05) is 17.2 Å². The van der Waals surface area contributed by atoms with Crippen molar-refractivity contribution in [1.82, 2.24) is 0 Å². The van der Waals surface area contributed by atoms with Crippen molar-refractivity contribution in [3.05, 3.63) is 61.1 Å². The van der Waals surface area contributed by atoms with Gasteiger partial charge in [0.25, 0.3) is 11.6 Å². The maximum absolute atomic E-state index is 12.2. The first-order valence-corrected chi connectivity index (χ1v) is 9.54. The Morgan fingerprint density at radius 1 is 1.07 bits per heavy atom. The van der Waals surface area contributed by atoms with E-state index >= 15 is 0 Å². The third-order valence-electron chi connectivity index (χ3n) is 3.99. The Hall–Kier alpha value is -2.55. The molecular formula is C18H14Cl3N3O5. The Balaban J connectivity index is 1.62. The third-order valence-corrected chi connectivity index (χ3v) is 5.02. The minimum absolute atomic E-state index is 0.0431. The Labute approximate surface area is 180 Å². The van der Waals surface area contributed by atoms with Gasteiger partial charge in [-0.1, -0.05) is 34.8 Å². The first-order valence-electron chi connectivity index (χ1n) is 8.41. The predicted molar refractivity (Wildman–Crippen MR) is 110 cm³/mol. The van der Waals surface area contributed by atoms with Gasteiger partial charge in [0.1, 0.15) is 5.69 Å². The predicted octanol–water partition coefficient (Wildman–Crippen LogP) is 4.92. The number of hydrogen-bond donors (Lipinski definition) is 2. The molecule has 0 heterocycles. The molecule has 2 N–H and O–H groups in total. The quantitative estimate of drug-likeness (QED) is 0.263. The molecule has 0 aliphatic heterocycles. The first kappa shape index (κ1) is 21.2. The van der Waals surface area contributed by atoms with Crippen LogP contribution in [0.2, 0.25) is 15.1 Å². The minimum atomic E-state index is -0.874. The average Bonchev–Trinajstić information content (AvgIpc) is 3.48. The summed E-state index contributed by atoms with van der Waals surface area (Å²) in [6, 6.07) is 6.89. The van der Waals surface area contributed by atoms with Gasteiger partial charge in [-0.2, -0.15) is 0 Å². The second-order valence-corrected chi connectivity index (χ2v) is 7.50. The molecule has 3 rings (SSSR count). The molecule has 29 heavy (non-hydrogen) atoms. The van der Waals surface area contributed by atoms with Gasteiger partial charge in [-0.05, 0) is 37.1 Å². The maximum Gasteiger partial charge on any atom is 0.338 e. The van der Waals surface area contributed by atoms with Crippen LogP contribution in [0.15, 0.2) is 30.3 Å². The molecular weight excluding hydrogens is 445 g/mol.